The van der Waals surface area contributed by atoms with Crippen LogP contribution in [0.2, 0.25) is 0 Å². The third kappa shape index (κ3) is 5.74. The van der Waals surface area contributed by atoms with Crippen LogP contribution in [0.3, 0.4) is 0 Å². The first kappa shape index (κ1) is 15.8. The van der Waals surface area contributed by atoms with E-state index in [2.05, 4.69) is 5.32 Å². The minimum atomic E-state index is -1.55. The van der Waals surface area contributed by atoms with Crippen LogP contribution in [0.4, 0.5) is 0 Å². The lowest BCUT2D eigenvalue weighted by Gasteiger charge is -2.25. The highest BCUT2D eigenvalue weighted by Gasteiger charge is 2.29. The molecule has 0 aromatic heterocycles. The summed E-state index contributed by atoms with van der Waals surface area (Å²) in [5, 5.41) is 48.8. The Balaban J connectivity index is 3.83. The lowest BCUT2D eigenvalue weighted by molar-refractivity contribution is -0.113. The van der Waals surface area contributed by atoms with Crippen LogP contribution in [-0.2, 0) is 0 Å². The molecule has 0 aromatic rings. The van der Waals surface area contributed by atoms with E-state index < -0.39 is 31.0 Å². The fourth-order valence-corrected chi connectivity index (χ4v) is 1.24. The molecule has 0 spiro atoms. The maximum absolute atomic E-state index is 9.47. The number of rotatable bonds is 9. The zero-order valence-corrected chi connectivity index (χ0v) is 9.58. The number of aliphatic hydroxyl groups excluding tert-OH is 5. The van der Waals surface area contributed by atoms with Crippen molar-refractivity contribution in [3.63, 3.8) is 0 Å². The van der Waals surface area contributed by atoms with Gasteiger partial charge >= 0.3 is 0 Å². The molecule has 0 bridgehead atoms. The summed E-state index contributed by atoms with van der Waals surface area (Å²) in [5.41, 5.74) is 0. The van der Waals surface area contributed by atoms with Crippen LogP contribution in [0.1, 0.15) is 19.8 Å². The van der Waals surface area contributed by atoms with Crippen molar-refractivity contribution < 1.29 is 25.5 Å². The standard InChI is InChI=1S/C10H23NO5/c1-2-3-4-11-5-7(13)9(15)10(16)8(14)6-12/h7-16H,2-6H2,1H3/t7-,8+,9+,10+/m1/s1. The van der Waals surface area contributed by atoms with Gasteiger partial charge in [-0.05, 0) is 13.0 Å². The minimum absolute atomic E-state index is 0.135. The molecule has 0 amide bonds. The van der Waals surface area contributed by atoms with E-state index in [9.17, 15) is 15.3 Å². The quantitative estimate of drug-likeness (QED) is 0.254. The number of hydrogen-bond acceptors (Lipinski definition) is 6. The summed E-state index contributed by atoms with van der Waals surface area (Å²) in [6.45, 7) is 2.23. The van der Waals surface area contributed by atoms with Crippen LogP contribution in [0.15, 0.2) is 0 Å². The predicted molar refractivity (Wildman–Crippen MR) is 58.9 cm³/mol. The Bertz CT molecular complexity index is 169. The van der Waals surface area contributed by atoms with Crippen molar-refractivity contribution in [2.45, 2.75) is 44.2 Å². The van der Waals surface area contributed by atoms with Crippen LogP contribution in [0.5, 0.6) is 0 Å². The Morgan fingerprint density at radius 3 is 2.06 bits per heavy atom. The average molecular weight is 237 g/mol. The molecule has 0 aliphatic rings. The molecule has 16 heavy (non-hydrogen) atoms. The van der Waals surface area contributed by atoms with E-state index in [0.717, 1.165) is 19.4 Å². The van der Waals surface area contributed by atoms with Gasteiger partial charge in [-0.3, -0.25) is 0 Å². The van der Waals surface area contributed by atoms with Crippen LogP contribution in [-0.4, -0.2) is 69.6 Å². The Kier molecular flexibility index (Phi) is 8.73. The van der Waals surface area contributed by atoms with Gasteiger partial charge in [0.2, 0.25) is 0 Å². The maximum atomic E-state index is 9.47. The van der Waals surface area contributed by atoms with Gasteiger partial charge in [-0.25, -0.2) is 0 Å². The fourth-order valence-electron chi connectivity index (χ4n) is 1.24. The van der Waals surface area contributed by atoms with Crippen LogP contribution in [0.25, 0.3) is 0 Å². The first-order chi connectivity index (χ1) is 7.54. The molecule has 0 saturated heterocycles. The highest BCUT2D eigenvalue weighted by Crippen LogP contribution is 2.04. The number of hydrogen-bond donors (Lipinski definition) is 6. The molecule has 0 fully saturated rings. The Morgan fingerprint density at radius 1 is 1.00 bits per heavy atom. The molecule has 4 atom stereocenters. The molecule has 0 rings (SSSR count). The van der Waals surface area contributed by atoms with Gasteiger partial charge in [-0.1, -0.05) is 13.3 Å². The summed E-state index contributed by atoms with van der Waals surface area (Å²) < 4.78 is 0. The molecular formula is C10H23NO5. The van der Waals surface area contributed by atoms with E-state index in [1.807, 2.05) is 6.92 Å². The molecule has 0 radical (unpaired) electrons. The van der Waals surface area contributed by atoms with Gasteiger partial charge < -0.3 is 30.8 Å². The highest BCUT2D eigenvalue weighted by atomic mass is 16.4. The SMILES string of the molecule is CCCCNC[C@@H](O)[C@H](O)[C@@H](O)[C@@H](O)CO. The summed E-state index contributed by atoms with van der Waals surface area (Å²) >= 11 is 0. The topological polar surface area (TPSA) is 113 Å². The lowest BCUT2D eigenvalue weighted by atomic mass is 10.0. The minimum Gasteiger partial charge on any atom is -0.394 e. The van der Waals surface area contributed by atoms with Crippen LogP contribution >= 0.6 is 0 Å². The molecule has 6 N–H and O–H groups in total. The highest BCUT2D eigenvalue weighted by molar-refractivity contribution is 4.81. The average Bonchev–Trinajstić information content (AvgIpc) is 2.31. The molecule has 0 saturated carbocycles. The monoisotopic (exact) mass is 237 g/mol. The van der Waals surface area contributed by atoms with Crippen molar-refractivity contribution in [3.8, 4) is 0 Å². The summed E-state index contributed by atoms with van der Waals surface area (Å²) in [6, 6.07) is 0. The van der Waals surface area contributed by atoms with Crippen molar-refractivity contribution >= 4 is 0 Å². The van der Waals surface area contributed by atoms with Crippen molar-refractivity contribution in [1.29, 1.82) is 0 Å². The van der Waals surface area contributed by atoms with Crippen molar-refractivity contribution in [2.24, 2.45) is 0 Å². The Labute approximate surface area is 95.5 Å². The molecule has 6 heteroatoms. The van der Waals surface area contributed by atoms with Gasteiger partial charge in [-0.15, -0.1) is 0 Å². The predicted octanol–water partition coefficient (Wildman–Crippen LogP) is -2.19. The molecule has 0 aliphatic heterocycles. The molecule has 0 unspecified atom stereocenters. The molecule has 0 aliphatic carbocycles. The largest absolute Gasteiger partial charge is 0.394 e. The molecule has 0 heterocycles. The Morgan fingerprint density at radius 2 is 1.56 bits per heavy atom. The van der Waals surface area contributed by atoms with Crippen LogP contribution in [0, 0.1) is 0 Å². The van der Waals surface area contributed by atoms with Gasteiger partial charge in [0, 0.05) is 6.54 Å². The second-order valence-corrected chi connectivity index (χ2v) is 3.86. The smallest absolute Gasteiger partial charge is 0.111 e. The van der Waals surface area contributed by atoms with E-state index in [1.165, 1.54) is 0 Å². The summed E-state index contributed by atoms with van der Waals surface area (Å²) in [7, 11) is 0. The van der Waals surface area contributed by atoms with E-state index in [-0.39, 0.29) is 6.54 Å². The van der Waals surface area contributed by atoms with Crippen LogP contribution < -0.4 is 5.32 Å². The zero-order valence-electron chi connectivity index (χ0n) is 9.58. The van der Waals surface area contributed by atoms with Crippen molar-refractivity contribution in [3.05, 3.63) is 0 Å². The molecule has 0 aromatic carbocycles. The van der Waals surface area contributed by atoms with Crippen molar-refractivity contribution in [2.75, 3.05) is 19.7 Å². The van der Waals surface area contributed by atoms with E-state index in [4.69, 9.17) is 10.2 Å². The molecule has 98 valence electrons. The third-order valence-electron chi connectivity index (χ3n) is 2.39. The van der Waals surface area contributed by atoms with Gasteiger partial charge in [-0.2, -0.15) is 0 Å². The van der Waals surface area contributed by atoms with E-state index >= 15 is 0 Å². The molecule has 6 nitrogen and oxygen atoms in total. The number of unbranched alkanes of at least 4 members (excludes halogenated alkanes) is 1. The summed E-state index contributed by atoms with van der Waals surface area (Å²) in [5.74, 6) is 0. The van der Waals surface area contributed by atoms with Gasteiger partial charge in [0.1, 0.15) is 18.3 Å². The van der Waals surface area contributed by atoms with Gasteiger partial charge in [0.25, 0.3) is 0 Å². The number of aliphatic hydroxyl groups is 5. The first-order valence-electron chi connectivity index (χ1n) is 5.58. The third-order valence-corrected chi connectivity index (χ3v) is 2.39. The van der Waals surface area contributed by atoms with Crippen molar-refractivity contribution in [1.82, 2.24) is 5.32 Å². The normalized spacial score (nSPS) is 19.1. The van der Waals surface area contributed by atoms with E-state index in [0.29, 0.717) is 0 Å². The van der Waals surface area contributed by atoms with Gasteiger partial charge in [0.15, 0.2) is 0 Å². The summed E-state index contributed by atoms with van der Waals surface area (Å²) in [6.07, 6.45) is -3.65. The first-order valence-corrected chi connectivity index (χ1v) is 5.58. The fraction of sp³-hybridized carbons (Fsp3) is 1.00. The lowest BCUT2D eigenvalue weighted by Crippen LogP contribution is -2.49. The van der Waals surface area contributed by atoms with Gasteiger partial charge in [0.05, 0.1) is 12.7 Å². The zero-order chi connectivity index (χ0) is 12.6. The maximum Gasteiger partial charge on any atom is 0.111 e. The summed E-state index contributed by atoms with van der Waals surface area (Å²) in [4.78, 5) is 0. The molecular weight excluding hydrogens is 214 g/mol. The second kappa shape index (κ2) is 8.86. The van der Waals surface area contributed by atoms with E-state index in [1.54, 1.807) is 0 Å². The Hall–Kier alpha value is -0.240. The number of nitrogens with one attached hydrogen (secondary N) is 1. The second-order valence-electron chi connectivity index (χ2n) is 3.86.